The first-order valence-corrected chi connectivity index (χ1v) is 11.2. The molecule has 0 unspecified atom stereocenters. The lowest BCUT2D eigenvalue weighted by atomic mass is 10.2. The van der Waals surface area contributed by atoms with Crippen LogP contribution in [0.25, 0.3) is 0 Å². The summed E-state index contributed by atoms with van der Waals surface area (Å²) in [5.74, 6) is -3.05. The van der Waals surface area contributed by atoms with Crippen LogP contribution < -0.4 is 10.5 Å². The number of hydrogen-bond acceptors (Lipinski definition) is 8. The Morgan fingerprint density at radius 3 is 2.17 bits per heavy atom. The maximum Gasteiger partial charge on any atom is 0.304 e. The lowest BCUT2D eigenvalue weighted by Gasteiger charge is -2.08. The number of rotatable bonds is 8. The maximum atomic E-state index is 12.3. The van der Waals surface area contributed by atoms with Crippen molar-refractivity contribution in [2.24, 2.45) is 5.14 Å². The van der Waals surface area contributed by atoms with Gasteiger partial charge in [0.2, 0.25) is 10.0 Å². The Bertz CT molecular complexity index is 1220. The Morgan fingerprint density at radius 1 is 1.07 bits per heavy atom. The molecular weight excluding hydrogens is 442 g/mol. The van der Waals surface area contributed by atoms with Gasteiger partial charge in [0.15, 0.2) is 9.84 Å². The Balaban J connectivity index is 2.32. The van der Waals surface area contributed by atoms with E-state index >= 15 is 0 Å². The number of carboxylic acids is 1. The molecule has 0 aliphatic heterocycles. The van der Waals surface area contributed by atoms with E-state index in [2.05, 4.69) is 5.32 Å². The minimum absolute atomic E-state index is 0.160. The molecule has 2 aromatic carbocycles. The van der Waals surface area contributed by atoms with E-state index < -0.39 is 59.4 Å². The van der Waals surface area contributed by atoms with Crippen LogP contribution in [0, 0.1) is 10.1 Å². The molecule has 2 aromatic rings. The zero-order valence-corrected chi connectivity index (χ0v) is 16.6. The van der Waals surface area contributed by atoms with E-state index in [0.717, 1.165) is 30.3 Å². The molecule has 0 saturated carbocycles. The number of nitro groups is 1. The van der Waals surface area contributed by atoms with Crippen LogP contribution in [0.3, 0.4) is 0 Å². The van der Waals surface area contributed by atoms with Crippen LogP contribution in [0.5, 0.6) is 0 Å². The second-order valence-electron chi connectivity index (χ2n) is 5.93. The molecule has 160 valence electrons. The monoisotopic (exact) mass is 457 g/mol. The van der Waals surface area contributed by atoms with Gasteiger partial charge in [-0.15, -0.1) is 0 Å². The number of sulfone groups is 1. The Morgan fingerprint density at radius 2 is 1.67 bits per heavy atom. The van der Waals surface area contributed by atoms with E-state index in [1.54, 1.807) is 0 Å². The number of carbonyl (C=O) groups is 2. The maximum absolute atomic E-state index is 12.3. The second-order valence-corrected chi connectivity index (χ2v) is 9.56. The third-order valence-electron chi connectivity index (χ3n) is 3.78. The number of nitrogens with zero attached hydrogens (tertiary/aromatic N) is 1. The summed E-state index contributed by atoms with van der Waals surface area (Å²) in [6.07, 6.45) is -0.740. The van der Waals surface area contributed by atoms with Gasteiger partial charge in [0.05, 0.1) is 22.0 Å². The number of nitrogens with one attached hydrogen (secondary N) is 1. The molecule has 0 bridgehead atoms. The van der Waals surface area contributed by atoms with Gasteiger partial charge in [0, 0.05) is 17.3 Å². The van der Waals surface area contributed by atoms with E-state index in [0.29, 0.717) is 0 Å². The first-order chi connectivity index (χ1) is 13.8. The lowest BCUT2D eigenvalue weighted by Crippen LogP contribution is -2.16. The molecule has 12 nitrogen and oxygen atoms in total. The van der Waals surface area contributed by atoms with Crippen LogP contribution >= 0.6 is 0 Å². The number of carbonyl (C=O) groups excluding carboxylic acids is 1. The van der Waals surface area contributed by atoms with Crippen molar-refractivity contribution in [3.05, 3.63) is 58.1 Å². The average molecular weight is 457 g/mol. The molecule has 0 atom stereocenters. The summed E-state index contributed by atoms with van der Waals surface area (Å²) in [7, 11) is -8.20. The topological polar surface area (TPSA) is 204 Å². The van der Waals surface area contributed by atoms with E-state index in [1.807, 2.05) is 0 Å². The van der Waals surface area contributed by atoms with Crippen LogP contribution in [-0.4, -0.2) is 44.5 Å². The van der Waals surface area contributed by atoms with Crippen molar-refractivity contribution in [3.8, 4) is 0 Å². The van der Waals surface area contributed by atoms with Crippen molar-refractivity contribution in [3.63, 3.8) is 0 Å². The number of benzene rings is 2. The summed E-state index contributed by atoms with van der Waals surface area (Å²) in [6.45, 7) is 0. The summed E-state index contributed by atoms with van der Waals surface area (Å²) in [5, 5.41) is 27.3. The van der Waals surface area contributed by atoms with Gasteiger partial charge in [0.1, 0.15) is 4.90 Å². The number of nitro benzene ring substituents is 1. The largest absolute Gasteiger partial charge is 0.481 e. The third kappa shape index (κ3) is 5.59. The van der Waals surface area contributed by atoms with Gasteiger partial charge in [-0.3, -0.25) is 19.7 Å². The molecule has 0 heterocycles. The standard InChI is InChI=1S/C16H15N3O9S2/c17-30(27,28)12-4-2-11(3-5-12)18-16(22)10-1-6-14(13(9-10)19(23)24)29(25,26)8-7-15(20)21/h1-6,9H,7-8H2,(H,18,22)(H,20,21)(H2,17,27,28). The van der Waals surface area contributed by atoms with Crippen molar-refractivity contribution in [1.82, 2.24) is 0 Å². The number of nitrogens with two attached hydrogens (primary N) is 1. The second kappa shape index (κ2) is 8.56. The van der Waals surface area contributed by atoms with Crippen molar-refractivity contribution >= 4 is 43.1 Å². The highest BCUT2D eigenvalue weighted by atomic mass is 32.2. The van der Waals surface area contributed by atoms with Gasteiger partial charge >= 0.3 is 5.97 Å². The molecule has 0 aliphatic rings. The van der Waals surface area contributed by atoms with Crippen LogP contribution in [-0.2, 0) is 24.7 Å². The fraction of sp³-hybridized carbons (Fsp3) is 0.125. The first-order valence-electron chi connectivity index (χ1n) is 7.98. The molecule has 0 radical (unpaired) electrons. The highest BCUT2D eigenvalue weighted by Gasteiger charge is 2.27. The minimum Gasteiger partial charge on any atom is -0.481 e. The van der Waals surface area contributed by atoms with Crippen molar-refractivity contribution in [2.45, 2.75) is 16.2 Å². The van der Waals surface area contributed by atoms with Gasteiger partial charge in [-0.25, -0.2) is 22.0 Å². The van der Waals surface area contributed by atoms with Gasteiger partial charge in [-0.2, -0.15) is 0 Å². The van der Waals surface area contributed by atoms with Crippen molar-refractivity contribution in [1.29, 1.82) is 0 Å². The lowest BCUT2D eigenvalue weighted by molar-refractivity contribution is -0.387. The van der Waals surface area contributed by atoms with E-state index in [1.165, 1.54) is 12.1 Å². The normalized spacial score (nSPS) is 11.6. The number of sulfonamides is 1. The zero-order valence-electron chi connectivity index (χ0n) is 15.0. The summed E-state index contributed by atoms with van der Waals surface area (Å²) in [4.78, 5) is 32.3. The number of hydrogen-bond donors (Lipinski definition) is 3. The molecule has 0 aliphatic carbocycles. The fourth-order valence-electron chi connectivity index (χ4n) is 2.33. The fourth-order valence-corrected chi connectivity index (χ4v) is 4.23. The highest BCUT2D eigenvalue weighted by molar-refractivity contribution is 7.91. The van der Waals surface area contributed by atoms with Crippen LogP contribution in [0.1, 0.15) is 16.8 Å². The van der Waals surface area contributed by atoms with Gasteiger partial charge < -0.3 is 10.4 Å². The van der Waals surface area contributed by atoms with E-state index in [9.17, 15) is 36.5 Å². The zero-order chi connectivity index (χ0) is 22.7. The van der Waals surface area contributed by atoms with Gasteiger partial charge in [0.25, 0.3) is 11.6 Å². The molecular formula is C16H15N3O9S2. The Hall–Kier alpha value is -3.36. The summed E-state index contributed by atoms with van der Waals surface area (Å²) in [6, 6.07) is 7.43. The van der Waals surface area contributed by atoms with Gasteiger partial charge in [-0.05, 0) is 36.4 Å². The first kappa shape index (κ1) is 22.9. The predicted octanol–water partition coefficient (Wildman–Crippen LogP) is 0.743. The molecule has 4 N–H and O–H groups in total. The molecule has 0 spiro atoms. The average Bonchev–Trinajstić information content (AvgIpc) is 2.65. The minimum atomic E-state index is -4.27. The Labute approximate surface area is 170 Å². The molecule has 30 heavy (non-hydrogen) atoms. The van der Waals surface area contributed by atoms with Crippen LogP contribution in [0.15, 0.2) is 52.3 Å². The highest BCUT2D eigenvalue weighted by Crippen LogP contribution is 2.27. The summed E-state index contributed by atoms with van der Waals surface area (Å²) < 4.78 is 46.9. The third-order valence-corrected chi connectivity index (χ3v) is 6.46. The summed E-state index contributed by atoms with van der Waals surface area (Å²) in [5.41, 5.74) is -0.958. The molecule has 0 saturated heterocycles. The van der Waals surface area contributed by atoms with E-state index in [4.69, 9.17) is 10.2 Å². The number of primary sulfonamides is 1. The Kier molecular flexibility index (Phi) is 6.54. The molecule has 2 rings (SSSR count). The van der Waals surface area contributed by atoms with Crippen LogP contribution in [0.2, 0.25) is 0 Å². The van der Waals surface area contributed by atoms with Crippen LogP contribution in [0.4, 0.5) is 11.4 Å². The summed E-state index contributed by atoms with van der Waals surface area (Å²) >= 11 is 0. The van der Waals surface area contributed by atoms with Gasteiger partial charge in [-0.1, -0.05) is 0 Å². The molecule has 14 heteroatoms. The van der Waals surface area contributed by atoms with E-state index in [-0.39, 0.29) is 16.1 Å². The number of carboxylic acid groups (broad SMARTS) is 1. The molecule has 0 aromatic heterocycles. The SMILES string of the molecule is NS(=O)(=O)c1ccc(NC(=O)c2ccc(S(=O)(=O)CCC(=O)O)c([N+](=O)[O-])c2)cc1. The van der Waals surface area contributed by atoms with Crippen molar-refractivity contribution < 1.29 is 36.5 Å². The molecule has 0 fully saturated rings. The number of amides is 1. The number of aliphatic carboxylic acids is 1. The smallest absolute Gasteiger partial charge is 0.304 e. The number of anilines is 1. The van der Waals surface area contributed by atoms with Crippen molar-refractivity contribution in [2.75, 3.05) is 11.1 Å². The molecule has 1 amide bonds. The predicted molar refractivity (Wildman–Crippen MR) is 103 cm³/mol. The quantitative estimate of drug-likeness (QED) is 0.377.